The monoisotopic (exact) mass is 346 g/mol. The zero-order valence-corrected chi connectivity index (χ0v) is 14.9. The van der Waals surface area contributed by atoms with Gasteiger partial charge in [0.05, 0.1) is 12.5 Å². The molecule has 0 unspecified atom stereocenters. The van der Waals surface area contributed by atoms with Crippen molar-refractivity contribution in [1.82, 2.24) is 20.5 Å². The van der Waals surface area contributed by atoms with E-state index in [0.717, 1.165) is 30.8 Å². The third-order valence-corrected chi connectivity index (χ3v) is 5.06. The van der Waals surface area contributed by atoms with E-state index in [9.17, 15) is 9.59 Å². The largest absolute Gasteiger partial charge is 0.383 e. The summed E-state index contributed by atoms with van der Waals surface area (Å²) in [7, 11) is 1.61. The predicted molar refractivity (Wildman–Crippen MR) is 92.8 cm³/mol. The normalized spacial score (nSPS) is 19.8. The van der Waals surface area contributed by atoms with Gasteiger partial charge in [0.2, 0.25) is 11.8 Å². The van der Waals surface area contributed by atoms with E-state index in [1.165, 1.54) is 11.1 Å². The summed E-state index contributed by atoms with van der Waals surface area (Å²) in [5, 5.41) is 6.36. The smallest absolute Gasteiger partial charge is 0.225 e. The standard InChI is InChI=1S/C18H26N4O3/c1-12-16(15-3-4-19-8-14(15)9-20-12)10-21-18(24)13-7-17(23)22(11-13)5-6-25-2/h9,13,19H,3-8,10-11H2,1-2H3,(H,21,24)/t13-/m0/s1. The quantitative estimate of drug-likeness (QED) is 0.766. The van der Waals surface area contributed by atoms with Gasteiger partial charge in [-0.15, -0.1) is 0 Å². The lowest BCUT2D eigenvalue weighted by Gasteiger charge is -2.22. The second-order valence-corrected chi connectivity index (χ2v) is 6.70. The Hall–Kier alpha value is -1.99. The Morgan fingerprint density at radius 1 is 1.52 bits per heavy atom. The number of carbonyl (C=O) groups is 2. The number of hydrogen-bond donors (Lipinski definition) is 2. The number of methoxy groups -OCH3 is 1. The van der Waals surface area contributed by atoms with Crippen LogP contribution in [-0.4, -0.2) is 55.0 Å². The summed E-state index contributed by atoms with van der Waals surface area (Å²) >= 11 is 0. The Balaban J connectivity index is 1.61. The van der Waals surface area contributed by atoms with Crippen LogP contribution in [0.15, 0.2) is 6.20 Å². The second-order valence-electron chi connectivity index (χ2n) is 6.70. The minimum atomic E-state index is -0.279. The molecule has 3 heterocycles. The van der Waals surface area contributed by atoms with E-state index in [2.05, 4.69) is 15.6 Å². The molecule has 136 valence electrons. The van der Waals surface area contributed by atoms with Crippen molar-refractivity contribution in [1.29, 1.82) is 0 Å². The number of hydrogen-bond acceptors (Lipinski definition) is 5. The van der Waals surface area contributed by atoms with E-state index in [1.54, 1.807) is 12.0 Å². The summed E-state index contributed by atoms with van der Waals surface area (Å²) in [6, 6.07) is 0. The highest BCUT2D eigenvalue weighted by Crippen LogP contribution is 2.21. The molecule has 25 heavy (non-hydrogen) atoms. The van der Waals surface area contributed by atoms with E-state index in [-0.39, 0.29) is 24.2 Å². The Bertz CT molecular complexity index is 662. The molecule has 1 aromatic heterocycles. The highest BCUT2D eigenvalue weighted by molar-refractivity contribution is 5.89. The van der Waals surface area contributed by atoms with Gasteiger partial charge in [0, 0.05) is 51.6 Å². The molecule has 0 aliphatic carbocycles. The van der Waals surface area contributed by atoms with Gasteiger partial charge in [0.25, 0.3) is 0 Å². The topological polar surface area (TPSA) is 83.6 Å². The van der Waals surface area contributed by atoms with Crippen LogP contribution in [0.3, 0.4) is 0 Å². The number of ether oxygens (including phenoxy) is 1. The molecule has 1 saturated heterocycles. The SMILES string of the molecule is COCCN1C[C@@H](C(=O)NCc2c(C)ncc3c2CCNC3)CC1=O. The molecule has 7 heteroatoms. The first-order valence-electron chi connectivity index (χ1n) is 8.81. The Morgan fingerprint density at radius 3 is 3.16 bits per heavy atom. The van der Waals surface area contributed by atoms with Gasteiger partial charge < -0.3 is 20.3 Å². The fourth-order valence-corrected chi connectivity index (χ4v) is 3.56. The second kappa shape index (κ2) is 7.93. The lowest BCUT2D eigenvalue weighted by Crippen LogP contribution is -2.34. The maximum absolute atomic E-state index is 12.5. The van der Waals surface area contributed by atoms with Crippen molar-refractivity contribution in [2.24, 2.45) is 5.92 Å². The molecule has 0 radical (unpaired) electrons. The number of aryl methyl sites for hydroxylation is 1. The number of amides is 2. The fourth-order valence-electron chi connectivity index (χ4n) is 3.56. The van der Waals surface area contributed by atoms with Crippen LogP contribution in [0.5, 0.6) is 0 Å². The Labute approximate surface area is 148 Å². The molecule has 1 fully saturated rings. The van der Waals surface area contributed by atoms with Crippen molar-refractivity contribution in [2.45, 2.75) is 32.9 Å². The number of nitrogens with one attached hydrogen (secondary N) is 2. The van der Waals surface area contributed by atoms with Crippen LogP contribution in [-0.2, 0) is 33.8 Å². The molecule has 2 aliphatic rings. The molecule has 0 aromatic carbocycles. The van der Waals surface area contributed by atoms with Gasteiger partial charge in [-0.25, -0.2) is 0 Å². The van der Waals surface area contributed by atoms with Crippen LogP contribution in [0.25, 0.3) is 0 Å². The van der Waals surface area contributed by atoms with Crippen LogP contribution < -0.4 is 10.6 Å². The van der Waals surface area contributed by atoms with Crippen LogP contribution in [0, 0.1) is 12.8 Å². The minimum Gasteiger partial charge on any atom is -0.383 e. The lowest BCUT2D eigenvalue weighted by molar-refractivity contribution is -0.129. The molecule has 3 rings (SSSR count). The average Bonchev–Trinajstić information content (AvgIpc) is 2.99. The van der Waals surface area contributed by atoms with E-state index in [1.807, 2.05) is 13.1 Å². The number of pyridine rings is 1. The molecule has 1 atom stereocenters. The first kappa shape index (κ1) is 17.8. The van der Waals surface area contributed by atoms with Crippen molar-refractivity contribution in [3.63, 3.8) is 0 Å². The van der Waals surface area contributed by atoms with E-state index >= 15 is 0 Å². The summed E-state index contributed by atoms with van der Waals surface area (Å²) in [4.78, 5) is 30.7. The zero-order chi connectivity index (χ0) is 17.8. The Kier molecular flexibility index (Phi) is 5.65. The number of nitrogens with zero attached hydrogens (tertiary/aromatic N) is 2. The minimum absolute atomic E-state index is 0.0261. The van der Waals surface area contributed by atoms with Crippen LogP contribution in [0.4, 0.5) is 0 Å². The fraction of sp³-hybridized carbons (Fsp3) is 0.611. The average molecular weight is 346 g/mol. The highest BCUT2D eigenvalue weighted by Gasteiger charge is 2.34. The van der Waals surface area contributed by atoms with Crippen molar-refractivity contribution in [3.05, 3.63) is 28.6 Å². The third-order valence-electron chi connectivity index (χ3n) is 5.06. The van der Waals surface area contributed by atoms with E-state index in [4.69, 9.17) is 4.74 Å². The summed E-state index contributed by atoms with van der Waals surface area (Å²) in [6.45, 7) is 5.75. The molecule has 2 amide bonds. The zero-order valence-electron chi connectivity index (χ0n) is 14.9. The maximum Gasteiger partial charge on any atom is 0.225 e. The van der Waals surface area contributed by atoms with Gasteiger partial charge in [-0.3, -0.25) is 14.6 Å². The molecule has 1 aromatic rings. The molecule has 7 nitrogen and oxygen atoms in total. The molecule has 2 aliphatic heterocycles. The third kappa shape index (κ3) is 3.99. The van der Waals surface area contributed by atoms with E-state index < -0.39 is 0 Å². The molecule has 0 saturated carbocycles. The number of likely N-dealkylation sites (tertiary alicyclic amines) is 1. The number of rotatable bonds is 6. The first-order chi connectivity index (χ1) is 12.1. The summed E-state index contributed by atoms with van der Waals surface area (Å²) in [5.41, 5.74) is 4.59. The molecule has 0 bridgehead atoms. The lowest BCUT2D eigenvalue weighted by atomic mass is 9.96. The van der Waals surface area contributed by atoms with Gasteiger partial charge in [-0.2, -0.15) is 0 Å². The van der Waals surface area contributed by atoms with Crippen molar-refractivity contribution in [3.8, 4) is 0 Å². The van der Waals surface area contributed by atoms with Crippen LogP contribution in [0.1, 0.15) is 28.8 Å². The van der Waals surface area contributed by atoms with Crippen LogP contribution >= 0.6 is 0 Å². The van der Waals surface area contributed by atoms with Gasteiger partial charge in [-0.1, -0.05) is 0 Å². The van der Waals surface area contributed by atoms with Crippen molar-refractivity contribution < 1.29 is 14.3 Å². The Morgan fingerprint density at radius 2 is 2.36 bits per heavy atom. The first-order valence-corrected chi connectivity index (χ1v) is 8.81. The summed E-state index contributed by atoms with van der Waals surface area (Å²) in [5.74, 6) is -0.309. The molecular formula is C18H26N4O3. The van der Waals surface area contributed by atoms with Gasteiger partial charge in [-0.05, 0) is 36.6 Å². The molecule has 2 N–H and O–H groups in total. The van der Waals surface area contributed by atoms with Gasteiger partial charge in [0.15, 0.2) is 0 Å². The molecular weight excluding hydrogens is 320 g/mol. The summed E-state index contributed by atoms with van der Waals surface area (Å²) < 4.78 is 5.01. The van der Waals surface area contributed by atoms with Crippen molar-refractivity contribution in [2.75, 3.05) is 33.4 Å². The number of aromatic nitrogens is 1. The number of fused-ring (bicyclic) bond motifs is 1. The summed E-state index contributed by atoms with van der Waals surface area (Å²) in [6.07, 6.45) is 3.16. The highest BCUT2D eigenvalue weighted by atomic mass is 16.5. The van der Waals surface area contributed by atoms with Crippen LogP contribution in [0.2, 0.25) is 0 Å². The molecule has 0 spiro atoms. The predicted octanol–water partition coefficient (Wildman–Crippen LogP) is 0.147. The van der Waals surface area contributed by atoms with Crippen molar-refractivity contribution >= 4 is 11.8 Å². The maximum atomic E-state index is 12.5. The van der Waals surface area contributed by atoms with Gasteiger partial charge in [0.1, 0.15) is 0 Å². The number of carbonyl (C=O) groups excluding carboxylic acids is 2. The van der Waals surface area contributed by atoms with E-state index in [0.29, 0.717) is 26.2 Å². The van der Waals surface area contributed by atoms with Gasteiger partial charge >= 0.3 is 0 Å².